The number of ether oxygens (including phenoxy) is 2. The van der Waals surface area contributed by atoms with Crippen LogP contribution in [0.3, 0.4) is 0 Å². The van der Waals surface area contributed by atoms with Crippen LogP contribution >= 0.6 is 0 Å². The first kappa shape index (κ1) is 23.6. The van der Waals surface area contributed by atoms with Crippen LogP contribution in [0.1, 0.15) is 86.5 Å². The molecule has 0 radical (unpaired) electrons. The lowest BCUT2D eigenvalue weighted by atomic mass is 9.51. The molecule has 0 aromatic rings. The summed E-state index contributed by atoms with van der Waals surface area (Å²) in [5.74, 6) is -0.749. The summed E-state index contributed by atoms with van der Waals surface area (Å²) in [6.07, 6.45) is 6.26. The SMILES string of the molecule is CC[C@@](C)(CC[C@@H](C(=O)OC)[C@@]1(C)CCCC(C)(C)[C@@H]1CC=O)OC(C)=O. The van der Waals surface area contributed by atoms with Crippen LogP contribution in [0.4, 0.5) is 0 Å². The number of hydrogen-bond acceptors (Lipinski definition) is 5. The number of esters is 2. The van der Waals surface area contributed by atoms with Crippen molar-refractivity contribution in [2.75, 3.05) is 7.11 Å². The van der Waals surface area contributed by atoms with E-state index in [1.54, 1.807) is 0 Å². The molecule has 0 unspecified atom stereocenters. The van der Waals surface area contributed by atoms with Gasteiger partial charge in [-0.2, -0.15) is 0 Å². The van der Waals surface area contributed by atoms with Crippen molar-refractivity contribution in [3.63, 3.8) is 0 Å². The van der Waals surface area contributed by atoms with Gasteiger partial charge in [-0.1, -0.05) is 34.1 Å². The fraction of sp³-hybridized carbons (Fsp3) is 0.864. The van der Waals surface area contributed by atoms with Crippen molar-refractivity contribution in [1.82, 2.24) is 0 Å². The molecular formula is C22H38O5. The summed E-state index contributed by atoms with van der Waals surface area (Å²) in [5.41, 5.74) is -0.927. The van der Waals surface area contributed by atoms with E-state index < -0.39 is 5.60 Å². The second-order valence-electron chi connectivity index (χ2n) is 9.31. The number of rotatable bonds is 9. The lowest BCUT2D eigenvalue weighted by molar-refractivity contribution is -0.162. The van der Waals surface area contributed by atoms with Gasteiger partial charge in [0.2, 0.25) is 0 Å². The van der Waals surface area contributed by atoms with Gasteiger partial charge in [0.1, 0.15) is 11.9 Å². The third kappa shape index (κ3) is 5.55. The van der Waals surface area contributed by atoms with E-state index in [1.165, 1.54) is 14.0 Å². The smallest absolute Gasteiger partial charge is 0.309 e. The van der Waals surface area contributed by atoms with Crippen molar-refractivity contribution in [2.24, 2.45) is 22.7 Å². The molecule has 0 saturated heterocycles. The molecule has 0 aliphatic heterocycles. The Kier molecular flexibility index (Phi) is 8.06. The number of carbonyl (C=O) groups is 3. The maximum atomic E-state index is 12.8. The average molecular weight is 383 g/mol. The van der Waals surface area contributed by atoms with E-state index in [0.717, 1.165) is 25.5 Å². The molecule has 156 valence electrons. The molecule has 27 heavy (non-hydrogen) atoms. The van der Waals surface area contributed by atoms with Crippen molar-refractivity contribution in [1.29, 1.82) is 0 Å². The number of methoxy groups -OCH3 is 1. The molecular weight excluding hydrogens is 344 g/mol. The standard InChI is InChI=1S/C22H38O5/c1-8-21(5,27-16(2)24)14-10-17(19(25)26-7)22(6)13-9-12-20(3,4)18(22)11-15-23/h15,17-18H,8-14H2,1-7H3/t17-,18-,21-,22+/m0/s1. The lowest BCUT2D eigenvalue weighted by Crippen LogP contribution is -2.49. The second kappa shape index (κ2) is 9.20. The van der Waals surface area contributed by atoms with Gasteiger partial charge in [-0.25, -0.2) is 0 Å². The van der Waals surface area contributed by atoms with Crippen LogP contribution in [-0.2, 0) is 23.9 Å². The van der Waals surface area contributed by atoms with E-state index >= 15 is 0 Å². The highest BCUT2D eigenvalue weighted by molar-refractivity contribution is 5.73. The van der Waals surface area contributed by atoms with Crippen LogP contribution in [0.15, 0.2) is 0 Å². The van der Waals surface area contributed by atoms with Gasteiger partial charge in [0, 0.05) is 13.3 Å². The minimum atomic E-state index is -0.598. The largest absolute Gasteiger partial charge is 0.469 e. The molecule has 1 fully saturated rings. The molecule has 5 nitrogen and oxygen atoms in total. The molecule has 1 aliphatic carbocycles. The second-order valence-corrected chi connectivity index (χ2v) is 9.31. The predicted octanol–water partition coefficient (Wildman–Crippen LogP) is 4.71. The van der Waals surface area contributed by atoms with Gasteiger partial charge < -0.3 is 14.3 Å². The third-order valence-electron chi connectivity index (χ3n) is 6.99. The monoisotopic (exact) mass is 382 g/mol. The van der Waals surface area contributed by atoms with E-state index in [4.69, 9.17) is 9.47 Å². The Labute approximate surface area is 164 Å². The molecule has 0 spiro atoms. The zero-order chi connectivity index (χ0) is 20.9. The summed E-state index contributed by atoms with van der Waals surface area (Å²) < 4.78 is 10.7. The molecule has 0 aromatic heterocycles. The van der Waals surface area contributed by atoms with Crippen LogP contribution in [0.25, 0.3) is 0 Å². The van der Waals surface area contributed by atoms with E-state index in [0.29, 0.717) is 25.7 Å². The number of aldehydes is 1. The topological polar surface area (TPSA) is 69.7 Å². The zero-order valence-electron chi connectivity index (χ0n) is 18.2. The molecule has 5 heteroatoms. The highest BCUT2D eigenvalue weighted by atomic mass is 16.6. The summed E-state index contributed by atoms with van der Waals surface area (Å²) in [6.45, 7) is 11.8. The molecule has 0 amide bonds. The normalized spacial score (nSPS) is 27.9. The molecule has 1 aliphatic rings. The summed E-state index contributed by atoms with van der Waals surface area (Å²) in [6, 6.07) is 0. The van der Waals surface area contributed by atoms with E-state index in [9.17, 15) is 14.4 Å². The molecule has 4 atom stereocenters. The van der Waals surface area contributed by atoms with Crippen LogP contribution < -0.4 is 0 Å². The molecule has 0 aromatic carbocycles. The number of hydrogen-bond donors (Lipinski definition) is 0. The minimum absolute atomic E-state index is 0.00980. The van der Waals surface area contributed by atoms with Gasteiger partial charge in [-0.3, -0.25) is 9.59 Å². The molecule has 0 bridgehead atoms. The van der Waals surface area contributed by atoms with Gasteiger partial charge >= 0.3 is 11.9 Å². The number of carbonyl (C=O) groups excluding carboxylic acids is 3. The van der Waals surface area contributed by atoms with Crippen molar-refractivity contribution >= 4 is 18.2 Å². The first-order chi connectivity index (χ1) is 12.5. The van der Waals surface area contributed by atoms with Gasteiger partial charge in [0.05, 0.1) is 13.0 Å². The van der Waals surface area contributed by atoms with Gasteiger partial charge in [-0.05, 0) is 55.8 Å². The zero-order valence-corrected chi connectivity index (χ0v) is 18.2. The highest BCUT2D eigenvalue weighted by Gasteiger charge is 2.52. The van der Waals surface area contributed by atoms with Crippen LogP contribution in [0.2, 0.25) is 0 Å². The van der Waals surface area contributed by atoms with Crippen molar-refractivity contribution in [3.05, 3.63) is 0 Å². The average Bonchev–Trinajstić information content (AvgIpc) is 2.57. The summed E-state index contributed by atoms with van der Waals surface area (Å²) in [7, 11) is 1.42. The van der Waals surface area contributed by atoms with Crippen molar-refractivity contribution < 1.29 is 23.9 Å². The minimum Gasteiger partial charge on any atom is -0.469 e. The maximum Gasteiger partial charge on any atom is 0.309 e. The highest BCUT2D eigenvalue weighted by Crippen LogP contribution is 2.57. The lowest BCUT2D eigenvalue weighted by Gasteiger charge is -2.53. The van der Waals surface area contributed by atoms with E-state index in [2.05, 4.69) is 20.8 Å². The first-order valence-electron chi connectivity index (χ1n) is 10.2. The summed E-state index contributed by atoms with van der Waals surface area (Å²) in [5, 5.41) is 0. The fourth-order valence-electron chi connectivity index (χ4n) is 5.22. The van der Waals surface area contributed by atoms with Gasteiger partial charge in [0.25, 0.3) is 0 Å². The van der Waals surface area contributed by atoms with Gasteiger partial charge in [-0.15, -0.1) is 0 Å². The molecule has 1 rings (SSSR count). The van der Waals surface area contributed by atoms with Crippen molar-refractivity contribution in [2.45, 2.75) is 92.1 Å². The van der Waals surface area contributed by atoms with Crippen LogP contribution in [0, 0.1) is 22.7 Å². The fourth-order valence-corrected chi connectivity index (χ4v) is 5.22. The Morgan fingerprint density at radius 1 is 1.26 bits per heavy atom. The van der Waals surface area contributed by atoms with Gasteiger partial charge in [0.15, 0.2) is 0 Å². The van der Waals surface area contributed by atoms with Crippen LogP contribution in [0.5, 0.6) is 0 Å². The summed E-state index contributed by atoms with van der Waals surface area (Å²) in [4.78, 5) is 35.7. The molecule has 1 saturated carbocycles. The Balaban J connectivity index is 3.18. The Morgan fingerprint density at radius 2 is 1.89 bits per heavy atom. The predicted molar refractivity (Wildman–Crippen MR) is 105 cm³/mol. The summed E-state index contributed by atoms with van der Waals surface area (Å²) >= 11 is 0. The van der Waals surface area contributed by atoms with E-state index in [-0.39, 0.29) is 34.6 Å². The molecule has 0 N–H and O–H groups in total. The Hall–Kier alpha value is -1.39. The molecule has 0 heterocycles. The van der Waals surface area contributed by atoms with E-state index in [1.807, 2.05) is 13.8 Å². The Morgan fingerprint density at radius 3 is 2.37 bits per heavy atom. The quantitative estimate of drug-likeness (QED) is 0.427. The third-order valence-corrected chi connectivity index (χ3v) is 6.99. The van der Waals surface area contributed by atoms with Crippen LogP contribution in [-0.4, -0.2) is 30.9 Å². The van der Waals surface area contributed by atoms with Crippen molar-refractivity contribution in [3.8, 4) is 0 Å². The first-order valence-corrected chi connectivity index (χ1v) is 10.2. The Bertz CT molecular complexity index is 541. The maximum absolute atomic E-state index is 12.8.